The fourth-order valence-corrected chi connectivity index (χ4v) is 3.68. The minimum absolute atomic E-state index is 0.103. The fraction of sp³-hybridized carbons (Fsp3) is 0.545. The molecule has 0 spiro atoms. The zero-order valence-electron chi connectivity index (χ0n) is 11.1. The first kappa shape index (κ1) is 15.1. The molecule has 2 rings (SSSR count). The Kier molecular flexibility index (Phi) is 4.55. The molecule has 1 aliphatic rings. The number of hydrazine groups is 1. The van der Waals surface area contributed by atoms with Gasteiger partial charge in [-0.1, -0.05) is 0 Å². The summed E-state index contributed by atoms with van der Waals surface area (Å²) >= 11 is 0. The number of pyridine rings is 1. The van der Waals surface area contributed by atoms with Crippen LogP contribution in [0.5, 0.6) is 0 Å². The normalized spacial score (nSPS) is 24.6. The zero-order chi connectivity index (χ0) is 14.8. The maximum absolute atomic E-state index is 12.6. The Morgan fingerprint density at radius 2 is 2.40 bits per heavy atom. The first-order chi connectivity index (χ1) is 9.48. The molecule has 112 valence electrons. The summed E-state index contributed by atoms with van der Waals surface area (Å²) in [6, 6.07) is 2.47. The Hall–Kier alpha value is -1.26. The van der Waals surface area contributed by atoms with Crippen molar-refractivity contribution < 1.29 is 18.3 Å². The molecule has 1 saturated heterocycles. The fourth-order valence-electron chi connectivity index (χ4n) is 2.02. The summed E-state index contributed by atoms with van der Waals surface area (Å²) in [6.45, 7) is 1.91. The lowest BCUT2D eigenvalue weighted by atomic mass is 10.2. The number of nitrogen functional groups attached to an aromatic ring is 1. The molecule has 20 heavy (non-hydrogen) atoms. The Morgan fingerprint density at radius 3 is 3.05 bits per heavy atom. The maximum atomic E-state index is 12.6. The first-order valence-electron chi connectivity index (χ1n) is 6.16. The molecule has 2 atom stereocenters. The molecule has 0 aliphatic carbocycles. The minimum atomic E-state index is -3.68. The number of morpholine rings is 1. The van der Waals surface area contributed by atoms with Gasteiger partial charge in [-0.25, -0.2) is 19.2 Å². The summed E-state index contributed by atoms with van der Waals surface area (Å²) in [5.74, 6) is 5.51. The van der Waals surface area contributed by atoms with E-state index in [9.17, 15) is 8.42 Å². The molecule has 1 fully saturated rings. The molecule has 0 radical (unpaired) electrons. The van der Waals surface area contributed by atoms with E-state index < -0.39 is 16.1 Å². The van der Waals surface area contributed by atoms with Crippen molar-refractivity contribution in [3.8, 4) is 0 Å². The van der Waals surface area contributed by atoms with Gasteiger partial charge in [-0.3, -0.25) is 0 Å². The molecule has 1 aromatic rings. The Morgan fingerprint density at radius 1 is 1.65 bits per heavy atom. The summed E-state index contributed by atoms with van der Waals surface area (Å²) in [5, 5.41) is 9.13. The van der Waals surface area contributed by atoms with Crippen molar-refractivity contribution in [3.63, 3.8) is 0 Å². The SMILES string of the molecule is CC1COC(CO)CN1S(=O)(=O)c1ccnc(NN)c1. The van der Waals surface area contributed by atoms with E-state index in [0.29, 0.717) is 0 Å². The van der Waals surface area contributed by atoms with Gasteiger partial charge < -0.3 is 15.3 Å². The Bertz CT molecular complexity index is 565. The second-order valence-electron chi connectivity index (χ2n) is 4.58. The standard InChI is InChI=1S/C11H18N4O4S/c1-8-7-19-9(6-16)5-15(8)20(17,18)10-2-3-13-11(4-10)14-12/h2-4,8-9,16H,5-7,12H2,1H3,(H,13,14). The second kappa shape index (κ2) is 6.02. The number of anilines is 1. The van der Waals surface area contributed by atoms with E-state index in [-0.39, 0.29) is 36.5 Å². The number of sulfonamides is 1. The highest BCUT2D eigenvalue weighted by atomic mass is 32.2. The monoisotopic (exact) mass is 302 g/mol. The van der Waals surface area contributed by atoms with Gasteiger partial charge in [0.05, 0.1) is 24.2 Å². The van der Waals surface area contributed by atoms with E-state index in [1.807, 2.05) is 0 Å². The van der Waals surface area contributed by atoms with Crippen molar-refractivity contribution in [3.05, 3.63) is 18.3 Å². The molecule has 0 aromatic carbocycles. The summed E-state index contributed by atoms with van der Waals surface area (Å²) in [5.41, 5.74) is 2.31. The number of rotatable bonds is 4. The number of ether oxygens (including phenoxy) is 1. The van der Waals surface area contributed by atoms with Crippen molar-refractivity contribution in [1.29, 1.82) is 0 Å². The molecular formula is C11H18N4O4S. The maximum Gasteiger partial charge on any atom is 0.243 e. The topological polar surface area (TPSA) is 118 Å². The van der Waals surface area contributed by atoms with Crippen LogP contribution in [0.25, 0.3) is 0 Å². The molecule has 0 saturated carbocycles. The van der Waals surface area contributed by atoms with Gasteiger partial charge in [0, 0.05) is 24.8 Å². The van der Waals surface area contributed by atoms with E-state index >= 15 is 0 Å². The predicted octanol–water partition coefficient (Wildman–Crippen LogP) is -0.862. The van der Waals surface area contributed by atoms with Crippen LogP contribution in [0.15, 0.2) is 23.2 Å². The molecule has 1 aliphatic heterocycles. The number of aliphatic hydroxyl groups is 1. The lowest BCUT2D eigenvalue weighted by Crippen LogP contribution is -2.51. The average Bonchev–Trinajstić information content (AvgIpc) is 2.47. The summed E-state index contributed by atoms with van der Waals surface area (Å²) in [6.07, 6.45) is 0.867. The summed E-state index contributed by atoms with van der Waals surface area (Å²) in [7, 11) is -3.68. The largest absolute Gasteiger partial charge is 0.394 e. The number of hydrogen-bond acceptors (Lipinski definition) is 7. The van der Waals surface area contributed by atoms with Gasteiger partial charge in [-0.2, -0.15) is 4.31 Å². The van der Waals surface area contributed by atoms with Crippen LogP contribution in [0.3, 0.4) is 0 Å². The van der Waals surface area contributed by atoms with E-state index in [1.165, 1.54) is 22.6 Å². The van der Waals surface area contributed by atoms with Gasteiger partial charge in [-0.05, 0) is 13.0 Å². The predicted molar refractivity (Wildman–Crippen MR) is 72.2 cm³/mol. The molecule has 0 bridgehead atoms. The lowest BCUT2D eigenvalue weighted by Gasteiger charge is -2.36. The van der Waals surface area contributed by atoms with Crippen LogP contribution < -0.4 is 11.3 Å². The first-order valence-corrected chi connectivity index (χ1v) is 7.60. The van der Waals surface area contributed by atoms with Crippen LogP contribution >= 0.6 is 0 Å². The number of hydrogen-bond donors (Lipinski definition) is 3. The van der Waals surface area contributed by atoms with Gasteiger partial charge in [-0.15, -0.1) is 0 Å². The second-order valence-corrected chi connectivity index (χ2v) is 6.47. The highest BCUT2D eigenvalue weighted by Crippen LogP contribution is 2.23. The van der Waals surface area contributed by atoms with Gasteiger partial charge in [0.1, 0.15) is 5.82 Å². The number of aliphatic hydroxyl groups excluding tert-OH is 1. The van der Waals surface area contributed by atoms with E-state index in [0.717, 1.165) is 0 Å². The van der Waals surface area contributed by atoms with Crippen molar-refractivity contribution in [2.75, 3.05) is 25.2 Å². The van der Waals surface area contributed by atoms with Crippen molar-refractivity contribution in [2.45, 2.75) is 24.0 Å². The third kappa shape index (κ3) is 2.91. The van der Waals surface area contributed by atoms with E-state index in [4.69, 9.17) is 15.7 Å². The quantitative estimate of drug-likeness (QED) is 0.489. The molecular weight excluding hydrogens is 284 g/mol. The van der Waals surface area contributed by atoms with Crippen LogP contribution in [-0.4, -0.2) is 54.7 Å². The van der Waals surface area contributed by atoms with Crippen LogP contribution in [0.4, 0.5) is 5.82 Å². The summed E-state index contributed by atoms with van der Waals surface area (Å²) < 4.78 is 31.9. The molecule has 0 amide bonds. The highest BCUT2D eigenvalue weighted by Gasteiger charge is 2.35. The van der Waals surface area contributed by atoms with Crippen LogP contribution in [0.2, 0.25) is 0 Å². The molecule has 2 unspecified atom stereocenters. The van der Waals surface area contributed by atoms with Crippen molar-refractivity contribution in [1.82, 2.24) is 9.29 Å². The number of nitrogens with two attached hydrogens (primary N) is 1. The molecule has 1 aromatic heterocycles. The Labute approximate surface area is 117 Å². The third-order valence-electron chi connectivity index (χ3n) is 3.14. The molecule has 4 N–H and O–H groups in total. The van der Waals surface area contributed by atoms with E-state index in [2.05, 4.69) is 10.4 Å². The van der Waals surface area contributed by atoms with Crippen molar-refractivity contribution >= 4 is 15.8 Å². The van der Waals surface area contributed by atoms with Crippen molar-refractivity contribution in [2.24, 2.45) is 5.84 Å². The minimum Gasteiger partial charge on any atom is -0.394 e. The molecule has 2 heterocycles. The van der Waals surface area contributed by atoms with Crippen LogP contribution in [0, 0.1) is 0 Å². The third-order valence-corrected chi connectivity index (χ3v) is 5.11. The zero-order valence-corrected chi connectivity index (χ0v) is 11.9. The molecule has 8 nitrogen and oxygen atoms in total. The summed E-state index contributed by atoms with van der Waals surface area (Å²) in [4.78, 5) is 3.99. The highest BCUT2D eigenvalue weighted by molar-refractivity contribution is 7.89. The smallest absolute Gasteiger partial charge is 0.243 e. The average molecular weight is 302 g/mol. The van der Waals surface area contributed by atoms with Crippen LogP contribution in [0.1, 0.15) is 6.92 Å². The van der Waals surface area contributed by atoms with Gasteiger partial charge in [0.15, 0.2) is 0 Å². The number of aromatic nitrogens is 1. The number of nitrogens with zero attached hydrogens (tertiary/aromatic N) is 2. The van der Waals surface area contributed by atoms with E-state index in [1.54, 1.807) is 6.92 Å². The van der Waals surface area contributed by atoms with Crippen LogP contribution in [-0.2, 0) is 14.8 Å². The van der Waals surface area contributed by atoms with Gasteiger partial charge in [0.2, 0.25) is 10.0 Å². The molecule has 9 heteroatoms. The number of nitrogens with one attached hydrogen (secondary N) is 1. The van der Waals surface area contributed by atoms with Gasteiger partial charge in [0.25, 0.3) is 0 Å². The Balaban J connectivity index is 2.32. The lowest BCUT2D eigenvalue weighted by molar-refractivity contribution is -0.0516. The van der Waals surface area contributed by atoms with Gasteiger partial charge >= 0.3 is 0 Å².